The maximum absolute atomic E-state index is 4.43. The van der Waals surface area contributed by atoms with Crippen LogP contribution in [0.5, 0.6) is 0 Å². The van der Waals surface area contributed by atoms with Gasteiger partial charge in [0.2, 0.25) is 0 Å². The van der Waals surface area contributed by atoms with Gasteiger partial charge in [-0.15, -0.1) is 0 Å². The van der Waals surface area contributed by atoms with Crippen molar-refractivity contribution in [1.82, 2.24) is 14.8 Å². The van der Waals surface area contributed by atoms with E-state index in [1.807, 2.05) is 36.1 Å². The summed E-state index contributed by atoms with van der Waals surface area (Å²) in [6.45, 7) is 4.20. The first-order valence-corrected chi connectivity index (χ1v) is 5.65. The third-order valence-electron chi connectivity index (χ3n) is 2.43. The molecule has 2 rings (SSSR count). The standard InChI is InChI=1S/C12H17N5/c1-9(2)17-7-5-11(16-17)15-10-4-6-14-12(8-10)13-3/h4-9H,1-3H3,(H2,13,14,15,16). The van der Waals surface area contributed by atoms with Gasteiger partial charge < -0.3 is 10.6 Å². The maximum Gasteiger partial charge on any atom is 0.152 e. The Hall–Kier alpha value is -2.04. The summed E-state index contributed by atoms with van der Waals surface area (Å²) in [6.07, 6.45) is 3.72. The summed E-state index contributed by atoms with van der Waals surface area (Å²) < 4.78 is 1.92. The fraction of sp³-hybridized carbons (Fsp3) is 0.333. The molecule has 0 aliphatic rings. The number of hydrogen-bond donors (Lipinski definition) is 2. The van der Waals surface area contributed by atoms with Crippen LogP contribution in [-0.2, 0) is 0 Å². The third-order valence-corrected chi connectivity index (χ3v) is 2.43. The van der Waals surface area contributed by atoms with Gasteiger partial charge in [-0.1, -0.05) is 0 Å². The van der Waals surface area contributed by atoms with Gasteiger partial charge in [-0.2, -0.15) is 5.10 Å². The van der Waals surface area contributed by atoms with Gasteiger partial charge in [0.05, 0.1) is 0 Å². The first-order valence-electron chi connectivity index (χ1n) is 5.65. The molecule has 2 aromatic heterocycles. The van der Waals surface area contributed by atoms with E-state index in [1.165, 1.54) is 0 Å². The molecule has 2 heterocycles. The average Bonchev–Trinajstić information content (AvgIpc) is 2.78. The number of nitrogens with one attached hydrogen (secondary N) is 2. The van der Waals surface area contributed by atoms with Crippen LogP contribution in [0.4, 0.5) is 17.3 Å². The Morgan fingerprint density at radius 2 is 2.06 bits per heavy atom. The van der Waals surface area contributed by atoms with E-state index in [4.69, 9.17) is 0 Å². The van der Waals surface area contributed by atoms with Gasteiger partial charge in [0.25, 0.3) is 0 Å². The smallest absolute Gasteiger partial charge is 0.152 e. The number of nitrogens with zero attached hydrogens (tertiary/aromatic N) is 3. The maximum atomic E-state index is 4.43. The Morgan fingerprint density at radius 3 is 2.71 bits per heavy atom. The van der Waals surface area contributed by atoms with Crippen LogP contribution in [0.25, 0.3) is 0 Å². The Balaban J connectivity index is 2.13. The second kappa shape index (κ2) is 4.86. The van der Waals surface area contributed by atoms with Crippen molar-refractivity contribution in [1.29, 1.82) is 0 Å². The van der Waals surface area contributed by atoms with Gasteiger partial charge in [0, 0.05) is 43.3 Å². The predicted octanol–water partition coefficient (Wildman–Crippen LogP) is 2.64. The van der Waals surface area contributed by atoms with Gasteiger partial charge in [-0.3, -0.25) is 4.68 Å². The zero-order chi connectivity index (χ0) is 12.3. The van der Waals surface area contributed by atoms with Crippen molar-refractivity contribution in [2.24, 2.45) is 0 Å². The molecule has 5 heteroatoms. The van der Waals surface area contributed by atoms with E-state index in [0.717, 1.165) is 17.3 Å². The summed E-state index contributed by atoms with van der Waals surface area (Å²) >= 11 is 0. The average molecular weight is 231 g/mol. The molecule has 5 nitrogen and oxygen atoms in total. The van der Waals surface area contributed by atoms with Gasteiger partial charge in [-0.25, -0.2) is 4.98 Å². The second-order valence-corrected chi connectivity index (χ2v) is 4.08. The van der Waals surface area contributed by atoms with E-state index >= 15 is 0 Å². The first-order chi connectivity index (χ1) is 8.19. The largest absolute Gasteiger partial charge is 0.373 e. The molecular formula is C12H17N5. The van der Waals surface area contributed by atoms with Crippen LogP contribution in [-0.4, -0.2) is 21.8 Å². The van der Waals surface area contributed by atoms with E-state index in [-0.39, 0.29) is 0 Å². The predicted molar refractivity (Wildman–Crippen MR) is 69.7 cm³/mol. The summed E-state index contributed by atoms with van der Waals surface area (Å²) in [5.74, 6) is 1.67. The molecule has 90 valence electrons. The minimum Gasteiger partial charge on any atom is -0.373 e. The molecule has 2 aromatic rings. The summed E-state index contributed by atoms with van der Waals surface area (Å²) in [5, 5.41) is 10.7. The molecular weight excluding hydrogens is 214 g/mol. The molecule has 0 aliphatic carbocycles. The first kappa shape index (κ1) is 11.4. The molecule has 2 N–H and O–H groups in total. The van der Waals surface area contributed by atoms with Crippen molar-refractivity contribution in [3.05, 3.63) is 30.6 Å². The van der Waals surface area contributed by atoms with Crippen molar-refractivity contribution in [2.75, 3.05) is 17.7 Å². The lowest BCUT2D eigenvalue weighted by molar-refractivity contribution is 0.534. The van der Waals surface area contributed by atoms with Crippen LogP contribution in [0, 0.1) is 0 Å². The minimum atomic E-state index is 0.371. The Morgan fingerprint density at radius 1 is 1.24 bits per heavy atom. The van der Waals surface area contributed by atoms with Gasteiger partial charge in [-0.05, 0) is 19.9 Å². The Kier molecular flexibility index (Phi) is 3.27. The zero-order valence-electron chi connectivity index (χ0n) is 10.3. The lowest BCUT2D eigenvalue weighted by atomic mass is 10.4. The van der Waals surface area contributed by atoms with E-state index in [2.05, 4.69) is 34.6 Å². The highest BCUT2D eigenvalue weighted by atomic mass is 15.3. The van der Waals surface area contributed by atoms with Crippen LogP contribution < -0.4 is 10.6 Å². The normalized spacial score (nSPS) is 10.6. The number of anilines is 3. The van der Waals surface area contributed by atoms with E-state index in [0.29, 0.717) is 6.04 Å². The summed E-state index contributed by atoms with van der Waals surface area (Å²) in [6, 6.07) is 6.18. The molecule has 17 heavy (non-hydrogen) atoms. The SMILES string of the molecule is CNc1cc(Nc2ccn(C(C)C)n2)ccn1. The summed E-state index contributed by atoms with van der Waals surface area (Å²) in [5.41, 5.74) is 0.971. The number of aromatic nitrogens is 3. The van der Waals surface area contributed by atoms with Crippen LogP contribution in [0.3, 0.4) is 0 Å². The molecule has 0 spiro atoms. The minimum absolute atomic E-state index is 0.371. The van der Waals surface area contributed by atoms with E-state index in [9.17, 15) is 0 Å². The highest BCUT2D eigenvalue weighted by Gasteiger charge is 2.02. The molecule has 0 aromatic carbocycles. The van der Waals surface area contributed by atoms with Crippen LogP contribution in [0.2, 0.25) is 0 Å². The van der Waals surface area contributed by atoms with Crippen molar-refractivity contribution in [2.45, 2.75) is 19.9 Å². The molecule has 0 saturated carbocycles. The molecule has 0 amide bonds. The molecule has 0 atom stereocenters. The molecule has 0 saturated heterocycles. The van der Waals surface area contributed by atoms with Gasteiger partial charge in [0.1, 0.15) is 5.82 Å². The monoisotopic (exact) mass is 231 g/mol. The van der Waals surface area contributed by atoms with Crippen molar-refractivity contribution >= 4 is 17.3 Å². The van der Waals surface area contributed by atoms with E-state index in [1.54, 1.807) is 6.20 Å². The van der Waals surface area contributed by atoms with Crippen molar-refractivity contribution < 1.29 is 0 Å². The molecule has 0 aliphatic heterocycles. The molecule has 0 fully saturated rings. The topological polar surface area (TPSA) is 54.8 Å². The molecule has 0 bridgehead atoms. The number of hydrogen-bond acceptors (Lipinski definition) is 4. The Labute approximate surface area is 101 Å². The zero-order valence-corrected chi connectivity index (χ0v) is 10.3. The molecule has 0 unspecified atom stereocenters. The van der Waals surface area contributed by atoms with E-state index < -0.39 is 0 Å². The number of rotatable bonds is 4. The third kappa shape index (κ3) is 2.75. The van der Waals surface area contributed by atoms with Crippen LogP contribution >= 0.6 is 0 Å². The lowest BCUT2D eigenvalue weighted by Crippen LogP contribution is -2.02. The summed E-state index contributed by atoms with van der Waals surface area (Å²) in [4.78, 5) is 4.16. The highest BCUT2D eigenvalue weighted by Crippen LogP contribution is 2.17. The fourth-order valence-corrected chi connectivity index (χ4v) is 1.49. The summed E-state index contributed by atoms with van der Waals surface area (Å²) in [7, 11) is 1.85. The highest BCUT2D eigenvalue weighted by molar-refractivity contribution is 5.59. The van der Waals surface area contributed by atoms with Crippen LogP contribution in [0.15, 0.2) is 30.6 Å². The van der Waals surface area contributed by atoms with Crippen LogP contribution in [0.1, 0.15) is 19.9 Å². The van der Waals surface area contributed by atoms with Gasteiger partial charge >= 0.3 is 0 Å². The lowest BCUT2D eigenvalue weighted by Gasteiger charge is -2.06. The number of pyridine rings is 1. The molecule has 0 radical (unpaired) electrons. The van der Waals surface area contributed by atoms with Gasteiger partial charge in [0.15, 0.2) is 5.82 Å². The van der Waals surface area contributed by atoms with Crippen molar-refractivity contribution in [3.63, 3.8) is 0 Å². The quantitative estimate of drug-likeness (QED) is 0.849. The van der Waals surface area contributed by atoms with Crippen molar-refractivity contribution in [3.8, 4) is 0 Å². The fourth-order valence-electron chi connectivity index (χ4n) is 1.49. The second-order valence-electron chi connectivity index (χ2n) is 4.08. The Bertz CT molecular complexity index is 489.